The van der Waals surface area contributed by atoms with Crippen LogP contribution < -0.4 is 11.1 Å². The first kappa shape index (κ1) is 17.5. The Morgan fingerprint density at radius 2 is 1.80 bits per heavy atom. The Hall–Kier alpha value is -0.570. The Morgan fingerprint density at radius 1 is 1.25 bits per heavy atom. The van der Waals surface area contributed by atoms with E-state index in [1.54, 1.807) is 0 Å². The zero-order valence-electron chi connectivity index (χ0n) is 14.0. The Labute approximate surface area is 125 Å². The largest absolute Gasteiger partial charge is 0.352 e. The van der Waals surface area contributed by atoms with Gasteiger partial charge in [-0.05, 0) is 49.4 Å². The SMILES string of the molecule is CCC(C)(C)C1CCC(NC(=O)[C@@H](N)CC(C)C)CC1. The number of nitrogens with two attached hydrogens (primary N) is 1. The molecule has 0 aromatic heterocycles. The second kappa shape index (κ2) is 7.44. The lowest BCUT2D eigenvalue weighted by Crippen LogP contribution is -2.47. The van der Waals surface area contributed by atoms with Gasteiger partial charge in [0, 0.05) is 6.04 Å². The van der Waals surface area contributed by atoms with E-state index in [4.69, 9.17) is 5.73 Å². The molecule has 0 unspecified atom stereocenters. The molecule has 118 valence electrons. The summed E-state index contributed by atoms with van der Waals surface area (Å²) in [5.74, 6) is 1.30. The number of amides is 1. The van der Waals surface area contributed by atoms with E-state index in [1.807, 2.05) is 0 Å². The lowest BCUT2D eigenvalue weighted by Gasteiger charge is -2.39. The zero-order valence-corrected chi connectivity index (χ0v) is 14.0. The molecule has 0 heterocycles. The predicted octanol–water partition coefficient (Wildman–Crippen LogP) is 3.47. The molecule has 1 atom stereocenters. The van der Waals surface area contributed by atoms with Crippen molar-refractivity contribution < 1.29 is 4.79 Å². The van der Waals surface area contributed by atoms with Crippen LogP contribution in [-0.2, 0) is 4.79 Å². The molecule has 1 amide bonds. The highest BCUT2D eigenvalue weighted by Gasteiger charge is 2.32. The van der Waals surface area contributed by atoms with Gasteiger partial charge in [0.05, 0.1) is 6.04 Å². The molecule has 3 heteroatoms. The highest BCUT2D eigenvalue weighted by atomic mass is 16.2. The molecule has 0 aromatic rings. The van der Waals surface area contributed by atoms with Crippen molar-refractivity contribution >= 4 is 5.91 Å². The van der Waals surface area contributed by atoms with Gasteiger partial charge in [-0.1, -0.05) is 41.0 Å². The Balaban J connectivity index is 2.37. The van der Waals surface area contributed by atoms with E-state index in [0.29, 0.717) is 17.4 Å². The minimum Gasteiger partial charge on any atom is -0.352 e. The highest BCUT2D eigenvalue weighted by molar-refractivity contribution is 5.81. The molecule has 1 rings (SSSR count). The van der Waals surface area contributed by atoms with Crippen molar-refractivity contribution in [3.05, 3.63) is 0 Å². The summed E-state index contributed by atoms with van der Waals surface area (Å²) in [5.41, 5.74) is 6.37. The van der Waals surface area contributed by atoms with Crippen LogP contribution in [0.2, 0.25) is 0 Å². The summed E-state index contributed by atoms with van der Waals surface area (Å²) in [4.78, 5) is 12.0. The van der Waals surface area contributed by atoms with Crippen molar-refractivity contribution in [2.75, 3.05) is 0 Å². The van der Waals surface area contributed by atoms with Crippen molar-refractivity contribution in [3.63, 3.8) is 0 Å². The van der Waals surface area contributed by atoms with Gasteiger partial charge < -0.3 is 11.1 Å². The van der Waals surface area contributed by atoms with Crippen LogP contribution in [0.15, 0.2) is 0 Å². The first-order valence-electron chi connectivity index (χ1n) is 8.32. The molecule has 0 saturated heterocycles. The van der Waals surface area contributed by atoms with Crippen LogP contribution in [0.3, 0.4) is 0 Å². The number of carbonyl (C=O) groups is 1. The summed E-state index contributed by atoms with van der Waals surface area (Å²) >= 11 is 0. The third-order valence-corrected chi connectivity index (χ3v) is 5.15. The summed E-state index contributed by atoms with van der Waals surface area (Å²) in [5, 5.41) is 3.15. The summed E-state index contributed by atoms with van der Waals surface area (Å²) in [7, 11) is 0. The van der Waals surface area contributed by atoms with Crippen LogP contribution in [0.5, 0.6) is 0 Å². The number of carbonyl (C=O) groups excluding carboxylic acids is 1. The highest BCUT2D eigenvalue weighted by Crippen LogP contribution is 2.40. The van der Waals surface area contributed by atoms with E-state index in [-0.39, 0.29) is 11.9 Å². The molecule has 0 aliphatic heterocycles. The van der Waals surface area contributed by atoms with Crippen molar-refractivity contribution in [2.24, 2.45) is 23.0 Å². The summed E-state index contributed by atoms with van der Waals surface area (Å²) < 4.78 is 0. The normalized spacial score (nSPS) is 25.6. The van der Waals surface area contributed by atoms with E-state index < -0.39 is 0 Å². The molecule has 0 bridgehead atoms. The van der Waals surface area contributed by atoms with Gasteiger partial charge in [0.25, 0.3) is 0 Å². The molecule has 3 nitrogen and oxygen atoms in total. The molecule has 0 radical (unpaired) electrons. The Morgan fingerprint density at radius 3 is 2.25 bits per heavy atom. The van der Waals surface area contributed by atoms with Gasteiger partial charge in [0.15, 0.2) is 0 Å². The standard InChI is InChI=1S/C17H34N2O/c1-6-17(4,5)13-7-9-14(10-8-13)19-16(20)15(18)11-12(2)3/h12-15H,6-11,18H2,1-5H3,(H,19,20)/t13?,14?,15-/m0/s1. The van der Waals surface area contributed by atoms with Crippen molar-refractivity contribution in [1.82, 2.24) is 5.32 Å². The fourth-order valence-electron chi connectivity index (χ4n) is 3.23. The molecule has 1 saturated carbocycles. The number of nitrogens with one attached hydrogen (secondary N) is 1. The van der Waals surface area contributed by atoms with Crippen LogP contribution in [-0.4, -0.2) is 18.0 Å². The maximum atomic E-state index is 12.0. The van der Waals surface area contributed by atoms with Gasteiger partial charge >= 0.3 is 0 Å². The Kier molecular flexibility index (Phi) is 6.50. The predicted molar refractivity (Wildman–Crippen MR) is 85.4 cm³/mol. The smallest absolute Gasteiger partial charge is 0.237 e. The topological polar surface area (TPSA) is 55.1 Å². The molecule has 0 spiro atoms. The van der Waals surface area contributed by atoms with E-state index in [0.717, 1.165) is 25.2 Å². The summed E-state index contributed by atoms with van der Waals surface area (Å²) in [6.45, 7) is 11.2. The lowest BCUT2D eigenvalue weighted by atomic mass is 9.69. The van der Waals surface area contributed by atoms with E-state index in [1.165, 1.54) is 19.3 Å². The number of hydrogen-bond acceptors (Lipinski definition) is 2. The third-order valence-electron chi connectivity index (χ3n) is 5.15. The van der Waals surface area contributed by atoms with Crippen molar-refractivity contribution in [3.8, 4) is 0 Å². The summed E-state index contributed by atoms with van der Waals surface area (Å²) in [6, 6.07) is -0.00979. The van der Waals surface area contributed by atoms with E-state index in [9.17, 15) is 4.79 Å². The molecule has 1 aliphatic rings. The minimum atomic E-state index is -0.347. The lowest BCUT2D eigenvalue weighted by molar-refractivity contribution is -0.123. The van der Waals surface area contributed by atoms with Gasteiger partial charge in [0.1, 0.15) is 0 Å². The number of rotatable bonds is 6. The molecular weight excluding hydrogens is 248 g/mol. The minimum absolute atomic E-state index is 0.0388. The van der Waals surface area contributed by atoms with Crippen molar-refractivity contribution in [1.29, 1.82) is 0 Å². The fourth-order valence-corrected chi connectivity index (χ4v) is 3.23. The third kappa shape index (κ3) is 5.08. The average Bonchev–Trinajstić information content (AvgIpc) is 2.38. The second-order valence-electron chi connectivity index (χ2n) is 7.64. The molecule has 3 N–H and O–H groups in total. The maximum absolute atomic E-state index is 12.0. The van der Waals surface area contributed by atoms with Crippen LogP contribution in [0.4, 0.5) is 0 Å². The quantitative estimate of drug-likeness (QED) is 0.783. The first-order valence-corrected chi connectivity index (χ1v) is 8.32. The molecule has 1 fully saturated rings. The fraction of sp³-hybridized carbons (Fsp3) is 0.941. The Bertz CT molecular complexity index is 304. The average molecular weight is 282 g/mol. The molecular formula is C17H34N2O. The molecule has 20 heavy (non-hydrogen) atoms. The van der Waals surface area contributed by atoms with Gasteiger partial charge in [-0.3, -0.25) is 4.79 Å². The van der Waals surface area contributed by atoms with Crippen LogP contribution >= 0.6 is 0 Å². The first-order chi connectivity index (χ1) is 9.26. The van der Waals surface area contributed by atoms with Gasteiger partial charge in [-0.15, -0.1) is 0 Å². The monoisotopic (exact) mass is 282 g/mol. The van der Waals surface area contributed by atoms with Gasteiger partial charge in [0.2, 0.25) is 5.91 Å². The second-order valence-corrected chi connectivity index (χ2v) is 7.64. The van der Waals surface area contributed by atoms with Crippen LogP contribution in [0.25, 0.3) is 0 Å². The maximum Gasteiger partial charge on any atom is 0.237 e. The number of hydrogen-bond donors (Lipinski definition) is 2. The van der Waals surface area contributed by atoms with Gasteiger partial charge in [-0.25, -0.2) is 0 Å². The van der Waals surface area contributed by atoms with Gasteiger partial charge in [-0.2, -0.15) is 0 Å². The van der Waals surface area contributed by atoms with Crippen LogP contribution in [0, 0.1) is 17.3 Å². The molecule has 1 aliphatic carbocycles. The zero-order chi connectivity index (χ0) is 15.3. The molecule has 0 aromatic carbocycles. The van der Waals surface area contributed by atoms with Crippen LogP contribution in [0.1, 0.15) is 73.1 Å². The van der Waals surface area contributed by atoms with E-state index in [2.05, 4.69) is 39.9 Å². The van der Waals surface area contributed by atoms with Crippen molar-refractivity contribution in [2.45, 2.75) is 85.2 Å². The van der Waals surface area contributed by atoms with E-state index >= 15 is 0 Å². The summed E-state index contributed by atoms with van der Waals surface area (Å²) in [6.07, 6.45) is 6.66.